The van der Waals surface area contributed by atoms with Crippen molar-refractivity contribution >= 4 is 11.9 Å². The Morgan fingerprint density at radius 2 is 2.12 bits per heavy atom. The van der Waals surface area contributed by atoms with E-state index in [9.17, 15) is 9.90 Å². The van der Waals surface area contributed by atoms with Crippen molar-refractivity contribution in [2.45, 2.75) is 45.8 Å². The number of hydrogen-bond acceptors (Lipinski definition) is 3. The van der Waals surface area contributed by atoms with E-state index in [4.69, 9.17) is 4.74 Å². The Hall–Kier alpha value is -1.10. The summed E-state index contributed by atoms with van der Waals surface area (Å²) >= 11 is 0. The number of nitrogens with zero attached hydrogens (tertiary/aromatic N) is 2. The standard InChI is InChI=1S/C11H20N2O3/c1-8(13-6-5-9(14)7-13)12-10(15)16-11(2,3)4/h9,14H,5-7H2,1-4H3/t9-/m1/s1. The predicted octanol–water partition coefficient (Wildman–Crippen LogP) is 1.41. The van der Waals surface area contributed by atoms with Crippen molar-refractivity contribution in [1.82, 2.24) is 4.90 Å². The van der Waals surface area contributed by atoms with Gasteiger partial charge >= 0.3 is 6.09 Å². The third kappa shape index (κ3) is 4.18. The Morgan fingerprint density at radius 3 is 2.56 bits per heavy atom. The van der Waals surface area contributed by atoms with E-state index in [2.05, 4.69) is 4.99 Å². The number of carbonyl (C=O) groups is 1. The van der Waals surface area contributed by atoms with Gasteiger partial charge < -0.3 is 14.7 Å². The Labute approximate surface area is 96.1 Å². The fourth-order valence-corrected chi connectivity index (χ4v) is 1.52. The van der Waals surface area contributed by atoms with Crippen LogP contribution in [-0.2, 0) is 4.74 Å². The zero-order valence-corrected chi connectivity index (χ0v) is 10.4. The lowest BCUT2D eigenvalue weighted by Gasteiger charge is -2.19. The molecule has 0 radical (unpaired) electrons. The minimum Gasteiger partial charge on any atom is -0.442 e. The molecule has 0 spiro atoms. The maximum Gasteiger partial charge on any atom is 0.435 e. The number of ether oxygens (including phenoxy) is 1. The molecule has 5 heteroatoms. The lowest BCUT2D eigenvalue weighted by molar-refractivity contribution is 0.0601. The molecule has 16 heavy (non-hydrogen) atoms. The predicted molar refractivity (Wildman–Crippen MR) is 61.5 cm³/mol. The summed E-state index contributed by atoms with van der Waals surface area (Å²) in [4.78, 5) is 17.1. The Kier molecular flexibility index (Phi) is 3.91. The summed E-state index contributed by atoms with van der Waals surface area (Å²) in [6, 6.07) is 0. The van der Waals surface area contributed by atoms with Crippen LogP contribution in [0, 0.1) is 0 Å². The third-order valence-electron chi connectivity index (χ3n) is 2.27. The van der Waals surface area contributed by atoms with Crippen molar-refractivity contribution < 1.29 is 14.6 Å². The second-order valence-corrected chi connectivity index (χ2v) is 5.03. The third-order valence-corrected chi connectivity index (χ3v) is 2.27. The van der Waals surface area contributed by atoms with Crippen LogP contribution >= 0.6 is 0 Å². The van der Waals surface area contributed by atoms with Crippen molar-refractivity contribution in [3.05, 3.63) is 0 Å². The zero-order valence-electron chi connectivity index (χ0n) is 10.4. The Morgan fingerprint density at radius 1 is 1.50 bits per heavy atom. The van der Waals surface area contributed by atoms with Gasteiger partial charge in [-0.15, -0.1) is 0 Å². The van der Waals surface area contributed by atoms with E-state index in [-0.39, 0.29) is 6.10 Å². The molecule has 0 aromatic heterocycles. The second-order valence-electron chi connectivity index (χ2n) is 5.03. The van der Waals surface area contributed by atoms with Crippen molar-refractivity contribution in [2.24, 2.45) is 4.99 Å². The molecule has 1 rings (SSSR count). The maximum atomic E-state index is 11.4. The number of carbonyl (C=O) groups excluding carboxylic acids is 1. The van der Waals surface area contributed by atoms with Gasteiger partial charge in [-0.2, -0.15) is 4.99 Å². The van der Waals surface area contributed by atoms with Crippen molar-refractivity contribution in [3.63, 3.8) is 0 Å². The van der Waals surface area contributed by atoms with Gasteiger partial charge in [-0.1, -0.05) is 0 Å². The SMILES string of the molecule is CC(=NC(=O)OC(C)(C)C)N1CC[C@@H](O)C1. The van der Waals surface area contributed by atoms with Gasteiger partial charge in [0.1, 0.15) is 11.4 Å². The second kappa shape index (κ2) is 4.82. The zero-order chi connectivity index (χ0) is 12.3. The number of hydrogen-bond donors (Lipinski definition) is 1. The highest BCUT2D eigenvalue weighted by atomic mass is 16.6. The number of β-amino-alcohol motifs (C(OH)–C–C–N with tert-alkyl or cyclic N) is 1. The fourth-order valence-electron chi connectivity index (χ4n) is 1.52. The monoisotopic (exact) mass is 228 g/mol. The summed E-state index contributed by atoms with van der Waals surface area (Å²) < 4.78 is 5.08. The lowest BCUT2D eigenvalue weighted by atomic mass is 10.2. The van der Waals surface area contributed by atoms with Crippen LogP contribution in [0.1, 0.15) is 34.1 Å². The number of aliphatic hydroxyl groups is 1. The molecular formula is C11H20N2O3. The van der Waals surface area contributed by atoms with Gasteiger partial charge in [-0.3, -0.25) is 0 Å². The van der Waals surface area contributed by atoms with Gasteiger partial charge in [-0.25, -0.2) is 4.79 Å². The molecule has 1 aliphatic rings. The highest BCUT2D eigenvalue weighted by Gasteiger charge is 2.22. The van der Waals surface area contributed by atoms with Crippen LogP contribution < -0.4 is 0 Å². The molecule has 0 unspecified atom stereocenters. The van der Waals surface area contributed by atoms with E-state index in [1.165, 1.54) is 0 Å². The van der Waals surface area contributed by atoms with Gasteiger partial charge in [-0.05, 0) is 34.1 Å². The van der Waals surface area contributed by atoms with Gasteiger partial charge in [0.05, 0.1) is 6.10 Å². The van der Waals surface area contributed by atoms with Crippen molar-refractivity contribution in [1.29, 1.82) is 0 Å². The Balaban J connectivity index is 2.53. The molecule has 0 bridgehead atoms. The molecular weight excluding hydrogens is 208 g/mol. The molecule has 0 aromatic carbocycles. The molecule has 0 saturated carbocycles. The Bertz CT molecular complexity index is 294. The average Bonchev–Trinajstić information content (AvgIpc) is 2.47. The molecule has 0 aliphatic carbocycles. The molecule has 1 aliphatic heterocycles. The van der Waals surface area contributed by atoms with E-state index in [1.807, 2.05) is 4.90 Å². The minimum absolute atomic E-state index is 0.316. The average molecular weight is 228 g/mol. The number of amidine groups is 1. The molecule has 1 amide bonds. The van der Waals surface area contributed by atoms with Crippen LogP contribution in [-0.4, -0.2) is 46.7 Å². The minimum atomic E-state index is -0.577. The first kappa shape index (κ1) is 13.0. The first-order valence-corrected chi connectivity index (χ1v) is 5.49. The van der Waals surface area contributed by atoms with E-state index >= 15 is 0 Å². The summed E-state index contributed by atoms with van der Waals surface area (Å²) in [6.07, 6.45) is -0.170. The van der Waals surface area contributed by atoms with Crippen LogP contribution in [0.5, 0.6) is 0 Å². The van der Waals surface area contributed by atoms with Crippen LogP contribution in [0.25, 0.3) is 0 Å². The topological polar surface area (TPSA) is 62.1 Å². The summed E-state index contributed by atoms with van der Waals surface area (Å²) in [7, 11) is 0. The maximum absolute atomic E-state index is 11.4. The summed E-state index contributed by atoms with van der Waals surface area (Å²) in [5.41, 5.74) is -0.522. The highest BCUT2D eigenvalue weighted by Crippen LogP contribution is 2.11. The van der Waals surface area contributed by atoms with E-state index in [1.54, 1.807) is 27.7 Å². The van der Waals surface area contributed by atoms with Crippen LogP contribution in [0.2, 0.25) is 0 Å². The van der Waals surface area contributed by atoms with Crippen molar-refractivity contribution in [3.8, 4) is 0 Å². The van der Waals surface area contributed by atoms with Gasteiger partial charge in [0.2, 0.25) is 0 Å². The van der Waals surface area contributed by atoms with E-state index in [0.717, 1.165) is 13.0 Å². The first-order chi connectivity index (χ1) is 7.28. The smallest absolute Gasteiger partial charge is 0.435 e. The molecule has 0 aromatic rings. The summed E-state index contributed by atoms with van der Waals surface area (Å²) in [5.74, 6) is 0.603. The molecule has 1 N–H and O–H groups in total. The van der Waals surface area contributed by atoms with Gasteiger partial charge in [0.25, 0.3) is 0 Å². The van der Waals surface area contributed by atoms with E-state index < -0.39 is 11.7 Å². The van der Waals surface area contributed by atoms with Gasteiger partial charge in [0, 0.05) is 13.1 Å². The van der Waals surface area contributed by atoms with E-state index in [0.29, 0.717) is 12.4 Å². The summed E-state index contributed by atoms with van der Waals surface area (Å²) in [5, 5.41) is 9.36. The van der Waals surface area contributed by atoms with Gasteiger partial charge in [0.15, 0.2) is 0 Å². The van der Waals surface area contributed by atoms with Crippen LogP contribution in [0.3, 0.4) is 0 Å². The number of rotatable bonds is 0. The number of amides is 1. The number of likely N-dealkylation sites (tertiary alicyclic amines) is 1. The number of aliphatic hydroxyl groups excluding tert-OH is 1. The molecule has 92 valence electrons. The highest BCUT2D eigenvalue weighted by molar-refractivity contribution is 5.90. The molecule has 1 atom stereocenters. The molecule has 1 saturated heterocycles. The summed E-state index contributed by atoms with van der Waals surface area (Å²) in [6.45, 7) is 8.43. The fraction of sp³-hybridized carbons (Fsp3) is 0.818. The molecule has 1 fully saturated rings. The first-order valence-electron chi connectivity index (χ1n) is 5.49. The number of aliphatic imine (C=N–C) groups is 1. The largest absolute Gasteiger partial charge is 0.442 e. The van der Waals surface area contributed by atoms with Crippen LogP contribution in [0.4, 0.5) is 4.79 Å². The normalized spacial score (nSPS) is 22.4. The van der Waals surface area contributed by atoms with Crippen LogP contribution in [0.15, 0.2) is 4.99 Å². The van der Waals surface area contributed by atoms with Crippen molar-refractivity contribution in [2.75, 3.05) is 13.1 Å². The molecule has 1 heterocycles. The molecule has 5 nitrogen and oxygen atoms in total. The quantitative estimate of drug-likeness (QED) is 0.503. The lowest BCUT2D eigenvalue weighted by Crippen LogP contribution is -2.29.